The van der Waals surface area contributed by atoms with Crippen LogP contribution >= 0.6 is 0 Å². The van der Waals surface area contributed by atoms with Crippen LogP contribution in [-0.2, 0) is 0 Å². The molecular weight excluding hydrogens is 402 g/mol. The summed E-state index contributed by atoms with van der Waals surface area (Å²) in [7, 11) is 2.15. The maximum Gasteiger partial charge on any atom is 0.156 e. The first-order valence-electron chi connectivity index (χ1n) is 10.6. The van der Waals surface area contributed by atoms with Gasteiger partial charge >= 0.3 is 0 Å². The Bertz CT molecular complexity index is 1180. The van der Waals surface area contributed by atoms with Crippen molar-refractivity contribution in [2.24, 2.45) is 0 Å². The van der Waals surface area contributed by atoms with E-state index in [2.05, 4.69) is 44.5 Å². The number of anilines is 3. The van der Waals surface area contributed by atoms with E-state index in [0.717, 1.165) is 49.0 Å². The minimum Gasteiger partial charge on any atom is -0.463 e. The summed E-state index contributed by atoms with van der Waals surface area (Å²) in [6, 6.07) is 17.8. The molecule has 4 aromatic rings. The van der Waals surface area contributed by atoms with Crippen LogP contribution in [0.3, 0.4) is 0 Å². The number of furan rings is 1. The molecule has 1 aromatic carbocycles. The van der Waals surface area contributed by atoms with Crippen molar-refractivity contribution in [1.82, 2.24) is 25.1 Å². The molecule has 3 aromatic heterocycles. The van der Waals surface area contributed by atoms with Crippen molar-refractivity contribution in [3.63, 3.8) is 0 Å². The predicted molar refractivity (Wildman–Crippen MR) is 127 cm³/mol. The first-order chi connectivity index (χ1) is 15.7. The van der Waals surface area contributed by atoms with Crippen molar-refractivity contribution in [2.45, 2.75) is 0 Å². The van der Waals surface area contributed by atoms with Gasteiger partial charge in [-0.05, 0) is 30.8 Å². The van der Waals surface area contributed by atoms with Crippen LogP contribution < -0.4 is 10.2 Å². The van der Waals surface area contributed by atoms with Crippen LogP contribution in [0.1, 0.15) is 11.4 Å². The van der Waals surface area contributed by atoms with Gasteiger partial charge in [-0.3, -0.25) is 5.10 Å². The van der Waals surface area contributed by atoms with Gasteiger partial charge in [-0.1, -0.05) is 36.4 Å². The van der Waals surface area contributed by atoms with Gasteiger partial charge in [-0.2, -0.15) is 5.10 Å². The van der Waals surface area contributed by atoms with Crippen LogP contribution in [0, 0.1) is 0 Å². The zero-order valence-corrected chi connectivity index (χ0v) is 17.9. The summed E-state index contributed by atoms with van der Waals surface area (Å²) in [4.78, 5) is 14.1. The third-order valence-electron chi connectivity index (χ3n) is 5.40. The minimum absolute atomic E-state index is 0.648. The number of piperazine rings is 1. The molecular formula is C24H25N7O. The molecule has 4 heterocycles. The number of likely N-dealkylation sites (N-methyl/N-ethyl adjacent to an activating group) is 1. The summed E-state index contributed by atoms with van der Waals surface area (Å²) in [5.74, 6) is 3.65. The molecule has 1 aliphatic rings. The molecule has 0 atom stereocenters. The molecule has 0 spiro atoms. The molecule has 162 valence electrons. The highest BCUT2D eigenvalue weighted by molar-refractivity contribution is 5.69. The number of nitrogens with one attached hydrogen (secondary N) is 2. The van der Waals surface area contributed by atoms with Gasteiger partial charge in [-0.15, -0.1) is 0 Å². The first-order valence-corrected chi connectivity index (χ1v) is 10.6. The molecule has 1 fully saturated rings. The average molecular weight is 428 g/mol. The Morgan fingerprint density at radius 1 is 0.938 bits per heavy atom. The van der Waals surface area contributed by atoms with Gasteiger partial charge in [0.1, 0.15) is 17.3 Å². The minimum atomic E-state index is 0.648. The summed E-state index contributed by atoms with van der Waals surface area (Å²) in [6.45, 7) is 3.88. The number of H-pyrrole nitrogens is 1. The van der Waals surface area contributed by atoms with Crippen LogP contribution in [0.5, 0.6) is 0 Å². The second-order valence-corrected chi connectivity index (χ2v) is 7.77. The highest BCUT2D eigenvalue weighted by Gasteiger charge is 2.17. The second kappa shape index (κ2) is 9.07. The van der Waals surface area contributed by atoms with E-state index in [0.29, 0.717) is 17.5 Å². The van der Waals surface area contributed by atoms with Crippen LogP contribution in [-0.4, -0.2) is 58.3 Å². The zero-order valence-electron chi connectivity index (χ0n) is 17.9. The lowest BCUT2D eigenvalue weighted by atomic mass is 10.2. The third kappa shape index (κ3) is 4.70. The summed E-state index contributed by atoms with van der Waals surface area (Å²) in [5, 5.41) is 10.6. The van der Waals surface area contributed by atoms with Gasteiger partial charge in [-0.25, -0.2) is 9.97 Å². The maximum atomic E-state index is 5.44. The van der Waals surface area contributed by atoms with Gasteiger partial charge in [0.2, 0.25) is 0 Å². The standard InChI is InChI=1S/C24H25N7O/c1-30-11-13-31(14-12-30)24-17-22(25-21(27-24)10-9-18-6-3-2-4-7-18)26-23-16-19(28-29-23)20-8-5-15-32-20/h2-10,15-17H,11-14H2,1H3,(H2,25,26,27,28,29). The molecule has 1 aliphatic heterocycles. The van der Waals surface area contributed by atoms with Crippen LogP contribution in [0.2, 0.25) is 0 Å². The Hall–Kier alpha value is -3.91. The summed E-state index contributed by atoms with van der Waals surface area (Å²) in [5.41, 5.74) is 1.90. The highest BCUT2D eigenvalue weighted by atomic mass is 16.3. The fraction of sp³-hybridized carbons (Fsp3) is 0.208. The Kier molecular flexibility index (Phi) is 5.67. The lowest BCUT2D eigenvalue weighted by molar-refractivity contribution is 0.312. The number of hydrogen-bond acceptors (Lipinski definition) is 7. The normalized spacial score (nSPS) is 14.8. The molecule has 0 bridgehead atoms. The fourth-order valence-corrected chi connectivity index (χ4v) is 3.60. The lowest BCUT2D eigenvalue weighted by Crippen LogP contribution is -2.44. The van der Waals surface area contributed by atoms with Crippen LogP contribution in [0.15, 0.2) is 65.3 Å². The van der Waals surface area contributed by atoms with E-state index in [1.54, 1.807) is 6.26 Å². The van der Waals surface area contributed by atoms with Gasteiger partial charge < -0.3 is 19.5 Å². The van der Waals surface area contributed by atoms with Crippen molar-refractivity contribution in [3.8, 4) is 11.5 Å². The van der Waals surface area contributed by atoms with Crippen LogP contribution in [0.4, 0.5) is 17.5 Å². The molecule has 0 amide bonds. The Labute approximate surface area is 186 Å². The van der Waals surface area contributed by atoms with Crippen molar-refractivity contribution in [1.29, 1.82) is 0 Å². The fourth-order valence-electron chi connectivity index (χ4n) is 3.60. The molecule has 0 radical (unpaired) electrons. The monoisotopic (exact) mass is 427 g/mol. The van der Waals surface area contributed by atoms with E-state index in [1.165, 1.54) is 0 Å². The quantitative estimate of drug-likeness (QED) is 0.479. The number of rotatable bonds is 6. The highest BCUT2D eigenvalue weighted by Crippen LogP contribution is 2.24. The van der Waals surface area contributed by atoms with Gasteiger partial charge in [0.25, 0.3) is 0 Å². The van der Waals surface area contributed by atoms with Gasteiger partial charge in [0, 0.05) is 38.3 Å². The largest absolute Gasteiger partial charge is 0.463 e. The molecule has 0 saturated carbocycles. The number of aromatic nitrogens is 4. The molecule has 1 saturated heterocycles. The SMILES string of the molecule is CN1CCN(c2cc(Nc3cc(-c4ccco4)[nH]n3)nc(C=Cc3ccccc3)n2)CC1. The van der Waals surface area contributed by atoms with Gasteiger partial charge in [0.05, 0.1) is 6.26 Å². The number of benzene rings is 1. The predicted octanol–water partition coefficient (Wildman–Crippen LogP) is 4.13. The first kappa shape index (κ1) is 20.0. The van der Waals surface area contributed by atoms with Gasteiger partial charge in [0.15, 0.2) is 17.4 Å². The topological polar surface area (TPSA) is 86.1 Å². The second-order valence-electron chi connectivity index (χ2n) is 7.77. The van der Waals surface area contributed by atoms with E-state index in [1.807, 2.05) is 54.6 Å². The summed E-state index contributed by atoms with van der Waals surface area (Å²) >= 11 is 0. The average Bonchev–Trinajstić information content (AvgIpc) is 3.51. The van der Waals surface area contributed by atoms with Crippen molar-refractivity contribution in [3.05, 3.63) is 72.2 Å². The zero-order chi connectivity index (χ0) is 21.8. The van der Waals surface area contributed by atoms with Crippen molar-refractivity contribution in [2.75, 3.05) is 43.4 Å². The van der Waals surface area contributed by atoms with E-state index in [4.69, 9.17) is 14.4 Å². The molecule has 0 aliphatic carbocycles. The molecule has 5 rings (SSSR count). The Morgan fingerprint density at radius 2 is 1.78 bits per heavy atom. The smallest absolute Gasteiger partial charge is 0.156 e. The van der Waals surface area contributed by atoms with E-state index in [-0.39, 0.29) is 0 Å². The van der Waals surface area contributed by atoms with Crippen LogP contribution in [0.25, 0.3) is 23.6 Å². The van der Waals surface area contributed by atoms with E-state index < -0.39 is 0 Å². The molecule has 8 heteroatoms. The van der Waals surface area contributed by atoms with Crippen molar-refractivity contribution >= 4 is 29.6 Å². The summed E-state index contributed by atoms with van der Waals surface area (Å²) in [6.07, 6.45) is 5.61. The molecule has 8 nitrogen and oxygen atoms in total. The van der Waals surface area contributed by atoms with E-state index in [9.17, 15) is 0 Å². The number of hydrogen-bond donors (Lipinski definition) is 2. The Morgan fingerprint density at radius 3 is 2.56 bits per heavy atom. The maximum absolute atomic E-state index is 5.44. The molecule has 0 unspecified atom stereocenters. The summed E-state index contributed by atoms with van der Waals surface area (Å²) < 4.78 is 5.44. The third-order valence-corrected chi connectivity index (χ3v) is 5.40. The van der Waals surface area contributed by atoms with E-state index >= 15 is 0 Å². The molecule has 32 heavy (non-hydrogen) atoms. The molecule has 2 N–H and O–H groups in total. The number of nitrogens with zero attached hydrogens (tertiary/aromatic N) is 5. The Balaban J connectivity index is 1.42. The number of aromatic amines is 1. The van der Waals surface area contributed by atoms with Crippen molar-refractivity contribution < 1.29 is 4.42 Å². The lowest BCUT2D eigenvalue weighted by Gasteiger charge is -2.33.